The molecule has 0 heterocycles. The van der Waals surface area contributed by atoms with Gasteiger partial charge in [0.1, 0.15) is 11.4 Å². The van der Waals surface area contributed by atoms with E-state index in [2.05, 4.69) is 36.4 Å². The lowest BCUT2D eigenvalue weighted by Gasteiger charge is -2.23. The van der Waals surface area contributed by atoms with Crippen LogP contribution in [0, 0.1) is 10.1 Å². The highest BCUT2D eigenvalue weighted by Gasteiger charge is 2.19. The molecule has 1 atom stereocenters. The Hall–Kier alpha value is -1.82. The lowest BCUT2D eigenvalue weighted by Crippen LogP contribution is -2.32. The van der Waals surface area contributed by atoms with Gasteiger partial charge in [0.25, 0.3) is 0 Å². The number of nitrogens with one attached hydrogen (secondary N) is 2. The van der Waals surface area contributed by atoms with Gasteiger partial charge in [-0.3, -0.25) is 10.1 Å². The molecule has 1 rings (SSSR count). The number of rotatable bonds is 9. The van der Waals surface area contributed by atoms with Crippen molar-refractivity contribution in [1.82, 2.24) is 4.90 Å². The first kappa shape index (κ1) is 17.2. The Morgan fingerprint density at radius 2 is 1.90 bits per heavy atom. The highest BCUT2D eigenvalue weighted by atomic mass is 16.6. The number of para-hydroxylation sites is 1. The van der Waals surface area contributed by atoms with Crippen molar-refractivity contribution in [2.24, 2.45) is 0 Å². The van der Waals surface area contributed by atoms with Gasteiger partial charge < -0.3 is 15.5 Å². The second-order valence-corrected chi connectivity index (χ2v) is 5.15. The van der Waals surface area contributed by atoms with Crippen LogP contribution in [0.5, 0.6) is 0 Å². The van der Waals surface area contributed by atoms with E-state index in [1.165, 1.54) is 0 Å². The summed E-state index contributed by atoms with van der Waals surface area (Å²) >= 11 is 0. The van der Waals surface area contributed by atoms with Crippen molar-refractivity contribution in [3.8, 4) is 0 Å². The number of anilines is 2. The maximum atomic E-state index is 11.3. The number of hydrogen-bond acceptors (Lipinski definition) is 5. The first-order chi connectivity index (χ1) is 10.0. The van der Waals surface area contributed by atoms with E-state index < -0.39 is 0 Å². The lowest BCUT2D eigenvalue weighted by atomic mass is 10.2. The summed E-state index contributed by atoms with van der Waals surface area (Å²) in [4.78, 5) is 13.2. The number of likely N-dealkylation sites (N-methyl/N-ethyl adjacent to an activating group) is 1. The third-order valence-corrected chi connectivity index (χ3v) is 3.71. The van der Waals surface area contributed by atoms with Crippen molar-refractivity contribution >= 4 is 17.1 Å². The molecular formula is C15H26N4O2. The van der Waals surface area contributed by atoms with Crippen molar-refractivity contribution in [2.45, 2.75) is 33.2 Å². The zero-order valence-electron chi connectivity index (χ0n) is 13.3. The van der Waals surface area contributed by atoms with Crippen LogP contribution >= 0.6 is 0 Å². The summed E-state index contributed by atoms with van der Waals surface area (Å²) in [5.74, 6) is 0. The molecule has 6 heteroatoms. The SMILES string of the molecule is CCNc1cccc(NCCN(C)C(C)CC)c1[N+](=O)[O-]. The van der Waals surface area contributed by atoms with E-state index in [-0.39, 0.29) is 10.6 Å². The van der Waals surface area contributed by atoms with Crippen LogP contribution in [0.3, 0.4) is 0 Å². The average molecular weight is 294 g/mol. The van der Waals surface area contributed by atoms with Gasteiger partial charge in [-0.1, -0.05) is 13.0 Å². The maximum Gasteiger partial charge on any atom is 0.315 e. The fourth-order valence-corrected chi connectivity index (χ4v) is 2.11. The Bertz CT molecular complexity index is 465. The van der Waals surface area contributed by atoms with Gasteiger partial charge in [-0.15, -0.1) is 0 Å². The minimum atomic E-state index is -0.335. The fourth-order valence-electron chi connectivity index (χ4n) is 2.11. The van der Waals surface area contributed by atoms with Gasteiger partial charge in [0.2, 0.25) is 0 Å². The molecule has 0 fully saturated rings. The lowest BCUT2D eigenvalue weighted by molar-refractivity contribution is -0.383. The molecule has 0 saturated heterocycles. The largest absolute Gasteiger partial charge is 0.380 e. The molecule has 6 nitrogen and oxygen atoms in total. The quantitative estimate of drug-likeness (QED) is 0.541. The molecular weight excluding hydrogens is 268 g/mol. The molecule has 0 amide bonds. The Labute approximate surface area is 126 Å². The summed E-state index contributed by atoms with van der Waals surface area (Å²) in [5.41, 5.74) is 1.24. The number of benzene rings is 1. The molecule has 0 saturated carbocycles. The van der Waals surface area contributed by atoms with Crippen LogP contribution < -0.4 is 10.6 Å². The first-order valence-electron chi connectivity index (χ1n) is 7.46. The molecule has 0 spiro atoms. The van der Waals surface area contributed by atoms with E-state index in [0.29, 0.717) is 30.5 Å². The predicted molar refractivity (Wildman–Crippen MR) is 88.1 cm³/mol. The molecule has 0 aliphatic rings. The number of nitrogens with zero attached hydrogens (tertiary/aromatic N) is 2. The van der Waals surface area contributed by atoms with E-state index in [4.69, 9.17) is 0 Å². The highest BCUT2D eigenvalue weighted by molar-refractivity contribution is 5.76. The molecule has 2 N–H and O–H groups in total. The summed E-state index contributed by atoms with van der Waals surface area (Å²) in [6.07, 6.45) is 1.09. The third kappa shape index (κ3) is 4.90. The van der Waals surface area contributed by atoms with Crippen LogP contribution in [0.1, 0.15) is 27.2 Å². The Balaban J connectivity index is 2.74. The van der Waals surface area contributed by atoms with Gasteiger partial charge in [-0.05, 0) is 39.4 Å². The Morgan fingerprint density at radius 1 is 1.29 bits per heavy atom. The van der Waals surface area contributed by atoms with Gasteiger partial charge in [-0.25, -0.2) is 0 Å². The van der Waals surface area contributed by atoms with Gasteiger partial charge in [0, 0.05) is 25.7 Å². The second-order valence-electron chi connectivity index (χ2n) is 5.15. The zero-order valence-corrected chi connectivity index (χ0v) is 13.3. The zero-order chi connectivity index (χ0) is 15.8. The van der Waals surface area contributed by atoms with E-state index in [1.54, 1.807) is 12.1 Å². The van der Waals surface area contributed by atoms with Crippen LogP contribution in [0.25, 0.3) is 0 Å². The molecule has 1 aromatic rings. The first-order valence-corrected chi connectivity index (χ1v) is 7.46. The molecule has 0 aliphatic heterocycles. The van der Waals surface area contributed by atoms with Crippen molar-refractivity contribution in [2.75, 3.05) is 37.3 Å². The van der Waals surface area contributed by atoms with E-state index in [1.807, 2.05) is 13.0 Å². The summed E-state index contributed by atoms with van der Waals surface area (Å²) in [6.45, 7) is 8.42. The highest BCUT2D eigenvalue weighted by Crippen LogP contribution is 2.32. The number of nitro groups is 1. The molecule has 118 valence electrons. The summed E-state index contributed by atoms with van der Waals surface area (Å²) in [6, 6.07) is 5.82. The number of hydrogen-bond donors (Lipinski definition) is 2. The maximum absolute atomic E-state index is 11.3. The topological polar surface area (TPSA) is 70.4 Å². The smallest absolute Gasteiger partial charge is 0.315 e. The molecule has 1 aromatic carbocycles. The van der Waals surface area contributed by atoms with E-state index in [0.717, 1.165) is 13.0 Å². The average Bonchev–Trinajstić information content (AvgIpc) is 2.46. The minimum absolute atomic E-state index is 0.116. The van der Waals surface area contributed by atoms with Gasteiger partial charge in [-0.2, -0.15) is 0 Å². The number of nitro benzene ring substituents is 1. The van der Waals surface area contributed by atoms with Gasteiger partial charge >= 0.3 is 5.69 Å². The van der Waals surface area contributed by atoms with Crippen molar-refractivity contribution in [3.05, 3.63) is 28.3 Å². The fraction of sp³-hybridized carbons (Fsp3) is 0.600. The van der Waals surface area contributed by atoms with Crippen LogP contribution in [0.2, 0.25) is 0 Å². The van der Waals surface area contributed by atoms with Gasteiger partial charge in [0.15, 0.2) is 0 Å². The molecule has 0 bridgehead atoms. The van der Waals surface area contributed by atoms with Crippen LogP contribution in [0.15, 0.2) is 18.2 Å². The van der Waals surface area contributed by atoms with Crippen LogP contribution in [-0.4, -0.2) is 42.5 Å². The molecule has 0 radical (unpaired) electrons. The third-order valence-electron chi connectivity index (χ3n) is 3.71. The van der Waals surface area contributed by atoms with Crippen molar-refractivity contribution in [3.63, 3.8) is 0 Å². The summed E-state index contributed by atoms with van der Waals surface area (Å²) < 4.78 is 0. The van der Waals surface area contributed by atoms with Crippen LogP contribution in [0.4, 0.5) is 17.1 Å². The predicted octanol–water partition coefficient (Wildman–Crippen LogP) is 3.17. The standard InChI is InChI=1S/C15H26N4O2/c1-5-12(3)18(4)11-10-17-14-9-7-8-13(16-6-2)15(14)19(20)21/h7-9,12,16-17H,5-6,10-11H2,1-4H3. The Kier molecular flexibility index (Phi) is 6.94. The van der Waals surface area contributed by atoms with Crippen molar-refractivity contribution in [1.29, 1.82) is 0 Å². The van der Waals surface area contributed by atoms with Crippen LogP contribution in [-0.2, 0) is 0 Å². The molecule has 0 aliphatic carbocycles. The van der Waals surface area contributed by atoms with Gasteiger partial charge in [0.05, 0.1) is 4.92 Å². The minimum Gasteiger partial charge on any atom is -0.380 e. The molecule has 21 heavy (non-hydrogen) atoms. The van der Waals surface area contributed by atoms with E-state index >= 15 is 0 Å². The van der Waals surface area contributed by atoms with Crippen molar-refractivity contribution < 1.29 is 4.92 Å². The molecule has 1 unspecified atom stereocenters. The summed E-state index contributed by atoms with van der Waals surface area (Å²) in [5, 5.41) is 17.5. The Morgan fingerprint density at radius 3 is 2.43 bits per heavy atom. The second kappa shape index (κ2) is 8.46. The monoisotopic (exact) mass is 294 g/mol. The molecule has 0 aromatic heterocycles. The van der Waals surface area contributed by atoms with E-state index in [9.17, 15) is 10.1 Å². The summed E-state index contributed by atoms with van der Waals surface area (Å²) in [7, 11) is 2.07. The normalized spacial score (nSPS) is 12.2.